The predicted octanol–water partition coefficient (Wildman–Crippen LogP) is 1.63. The molecule has 0 radical (unpaired) electrons. The van der Waals surface area contributed by atoms with E-state index in [0.717, 1.165) is 31.2 Å². The third kappa shape index (κ3) is 4.77. The fourth-order valence-corrected chi connectivity index (χ4v) is 1.60. The molecule has 84 valence electrons. The van der Waals surface area contributed by atoms with Crippen molar-refractivity contribution in [3.05, 3.63) is 0 Å². The second-order valence-corrected chi connectivity index (χ2v) is 3.67. The highest BCUT2D eigenvalue weighted by molar-refractivity contribution is 7.80. The zero-order chi connectivity index (χ0) is 11.0. The molecule has 0 bridgehead atoms. The molecule has 1 N–H and O–H groups in total. The molecule has 0 heterocycles. The van der Waals surface area contributed by atoms with Crippen LogP contribution in [0.2, 0.25) is 0 Å². The third-order valence-electron chi connectivity index (χ3n) is 2.25. The van der Waals surface area contributed by atoms with Gasteiger partial charge >= 0.3 is 0 Å². The first-order chi connectivity index (χ1) is 6.67. The topological polar surface area (TPSA) is 24.5 Å². The van der Waals surface area contributed by atoms with Crippen LogP contribution in [0.4, 0.5) is 0 Å². The Balaban J connectivity index is 4.15. The molecule has 0 aliphatic rings. The summed E-state index contributed by atoms with van der Waals surface area (Å²) in [5.74, 6) is 0. The maximum absolute atomic E-state index is 5.29. The molecular formula is C10H22N2OS. The van der Waals surface area contributed by atoms with Crippen molar-refractivity contribution < 1.29 is 4.74 Å². The van der Waals surface area contributed by atoms with Crippen LogP contribution in [0.25, 0.3) is 0 Å². The summed E-state index contributed by atoms with van der Waals surface area (Å²) in [4.78, 5) is 2.18. The quantitative estimate of drug-likeness (QED) is 0.685. The van der Waals surface area contributed by atoms with Gasteiger partial charge < -0.3 is 15.0 Å². The van der Waals surface area contributed by atoms with Crippen molar-refractivity contribution in [2.75, 3.05) is 26.8 Å². The van der Waals surface area contributed by atoms with Crippen LogP contribution in [0.5, 0.6) is 0 Å². The van der Waals surface area contributed by atoms with Gasteiger partial charge in [-0.25, -0.2) is 0 Å². The lowest BCUT2D eigenvalue weighted by Gasteiger charge is -2.30. The van der Waals surface area contributed by atoms with Crippen molar-refractivity contribution in [3.63, 3.8) is 0 Å². The fraction of sp³-hybridized carbons (Fsp3) is 0.900. The Bertz CT molecular complexity index is 164. The smallest absolute Gasteiger partial charge is 0.169 e. The summed E-state index contributed by atoms with van der Waals surface area (Å²) in [6.07, 6.45) is 1.09. The van der Waals surface area contributed by atoms with Crippen LogP contribution in [-0.2, 0) is 4.74 Å². The Morgan fingerprint density at radius 1 is 1.50 bits per heavy atom. The number of ether oxygens (including phenoxy) is 1. The van der Waals surface area contributed by atoms with E-state index in [2.05, 4.69) is 31.0 Å². The van der Waals surface area contributed by atoms with Crippen molar-refractivity contribution >= 4 is 17.3 Å². The molecule has 0 spiro atoms. The minimum atomic E-state index is 0.469. The van der Waals surface area contributed by atoms with Gasteiger partial charge in [0, 0.05) is 26.2 Å². The van der Waals surface area contributed by atoms with Gasteiger partial charge in [-0.2, -0.15) is 0 Å². The summed E-state index contributed by atoms with van der Waals surface area (Å²) >= 11 is 5.29. The molecule has 0 saturated heterocycles. The third-order valence-corrected chi connectivity index (χ3v) is 2.63. The highest BCUT2D eigenvalue weighted by Crippen LogP contribution is 2.03. The van der Waals surface area contributed by atoms with E-state index in [9.17, 15) is 0 Å². The maximum atomic E-state index is 5.29. The summed E-state index contributed by atoms with van der Waals surface area (Å²) in [5, 5.41) is 4.00. The van der Waals surface area contributed by atoms with Gasteiger partial charge in [-0.15, -0.1) is 0 Å². The van der Waals surface area contributed by atoms with E-state index in [4.69, 9.17) is 17.0 Å². The Morgan fingerprint density at radius 2 is 2.14 bits per heavy atom. The zero-order valence-electron chi connectivity index (χ0n) is 9.67. The number of nitrogens with zero attached hydrogens (tertiary/aromatic N) is 1. The average Bonchev–Trinajstić information content (AvgIpc) is 2.18. The monoisotopic (exact) mass is 218 g/mol. The van der Waals surface area contributed by atoms with Gasteiger partial charge in [-0.3, -0.25) is 0 Å². The Hall–Kier alpha value is -0.350. The second kappa shape index (κ2) is 8.00. The van der Waals surface area contributed by atoms with Crippen molar-refractivity contribution in [2.24, 2.45) is 0 Å². The molecule has 0 fully saturated rings. The Labute approximate surface area is 92.8 Å². The first kappa shape index (κ1) is 13.7. The number of hydrogen-bond donors (Lipinski definition) is 1. The average molecular weight is 218 g/mol. The lowest BCUT2D eigenvalue weighted by atomic mass is 10.2. The van der Waals surface area contributed by atoms with Crippen LogP contribution in [0.3, 0.4) is 0 Å². The maximum Gasteiger partial charge on any atom is 0.169 e. The molecule has 0 aromatic rings. The van der Waals surface area contributed by atoms with E-state index in [-0.39, 0.29) is 0 Å². The predicted molar refractivity (Wildman–Crippen MR) is 64.6 cm³/mol. The van der Waals surface area contributed by atoms with Gasteiger partial charge in [0.1, 0.15) is 0 Å². The standard InChI is InChI=1S/C10H22N2OS/c1-5-9(3)12(7-8-13-4)10(14)11-6-2/h9H,5-8H2,1-4H3,(H,11,14). The van der Waals surface area contributed by atoms with E-state index >= 15 is 0 Å². The second-order valence-electron chi connectivity index (χ2n) is 3.28. The SMILES string of the molecule is CCNC(=S)N(CCOC)C(C)CC. The van der Waals surface area contributed by atoms with E-state index in [1.807, 2.05) is 0 Å². The number of thiocarbonyl (C=S) groups is 1. The lowest BCUT2D eigenvalue weighted by Crippen LogP contribution is -2.46. The molecular weight excluding hydrogens is 196 g/mol. The van der Waals surface area contributed by atoms with Gasteiger partial charge in [0.15, 0.2) is 5.11 Å². The molecule has 3 nitrogen and oxygen atoms in total. The van der Waals surface area contributed by atoms with E-state index in [1.54, 1.807) is 7.11 Å². The molecule has 4 heteroatoms. The summed E-state index contributed by atoms with van der Waals surface area (Å²) in [6.45, 7) is 8.85. The Morgan fingerprint density at radius 3 is 2.57 bits per heavy atom. The minimum Gasteiger partial charge on any atom is -0.383 e. The summed E-state index contributed by atoms with van der Waals surface area (Å²) in [7, 11) is 1.71. The van der Waals surface area contributed by atoms with E-state index in [1.165, 1.54) is 0 Å². The van der Waals surface area contributed by atoms with Crippen LogP contribution in [0.1, 0.15) is 27.2 Å². The first-order valence-electron chi connectivity index (χ1n) is 5.20. The molecule has 1 atom stereocenters. The van der Waals surface area contributed by atoms with Crippen LogP contribution in [0.15, 0.2) is 0 Å². The molecule has 0 aliphatic carbocycles. The highest BCUT2D eigenvalue weighted by atomic mass is 32.1. The highest BCUT2D eigenvalue weighted by Gasteiger charge is 2.14. The summed E-state index contributed by atoms with van der Waals surface area (Å²) in [5.41, 5.74) is 0. The van der Waals surface area contributed by atoms with Gasteiger partial charge in [-0.05, 0) is 32.5 Å². The fourth-order valence-electron chi connectivity index (χ4n) is 1.18. The molecule has 0 aromatic carbocycles. The number of methoxy groups -OCH3 is 1. The van der Waals surface area contributed by atoms with E-state index < -0.39 is 0 Å². The molecule has 0 aromatic heterocycles. The van der Waals surface area contributed by atoms with Gasteiger partial charge in [0.2, 0.25) is 0 Å². The zero-order valence-corrected chi connectivity index (χ0v) is 10.5. The van der Waals surface area contributed by atoms with Gasteiger partial charge in [0.05, 0.1) is 6.61 Å². The number of rotatable bonds is 6. The summed E-state index contributed by atoms with van der Waals surface area (Å²) < 4.78 is 5.07. The van der Waals surface area contributed by atoms with Crippen molar-refractivity contribution in [2.45, 2.75) is 33.2 Å². The Kier molecular flexibility index (Phi) is 7.80. The normalized spacial score (nSPS) is 12.3. The molecule has 0 aliphatic heterocycles. The molecule has 14 heavy (non-hydrogen) atoms. The minimum absolute atomic E-state index is 0.469. The van der Waals surface area contributed by atoms with Gasteiger partial charge in [0.25, 0.3) is 0 Å². The van der Waals surface area contributed by atoms with Crippen LogP contribution < -0.4 is 5.32 Å². The van der Waals surface area contributed by atoms with Crippen molar-refractivity contribution in [3.8, 4) is 0 Å². The first-order valence-corrected chi connectivity index (χ1v) is 5.61. The molecule has 0 rings (SSSR count). The molecule has 0 amide bonds. The van der Waals surface area contributed by atoms with Crippen molar-refractivity contribution in [1.82, 2.24) is 10.2 Å². The summed E-state index contributed by atoms with van der Waals surface area (Å²) in [6, 6.07) is 0.469. The van der Waals surface area contributed by atoms with Crippen LogP contribution >= 0.6 is 12.2 Å². The largest absolute Gasteiger partial charge is 0.383 e. The number of nitrogens with one attached hydrogen (secondary N) is 1. The van der Waals surface area contributed by atoms with Crippen molar-refractivity contribution in [1.29, 1.82) is 0 Å². The number of hydrogen-bond acceptors (Lipinski definition) is 2. The molecule has 1 unspecified atom stereocenters. The van der Waals surface area contributed by atoms with Gasteiger partial charge in [-0.1, -0.05) is 6.92 Å². The lowest BCUT2D eigenvalue weighted by molar-refractivity contribution is 0.162. The van der Waals surface area contributed by atoms with E-state index in [0.29, 0.717) is 6.04 Å². The van der Waals surface area contributed by atoms with Crippen LogP contribution in [-0.4, -0.2) is 42.9 Å². The van der Waals surface area contributed by atoms with Crippen LogP contribution in [0, 0.1) is 0 Å². The molecule has 0 saturated carbocycles.